The Balaban J connectivity index is 2.71. The average molecular weight is 341 g/mol. The number of hydrogen-bond acceptors (Lipinski definition) is 4. The zero-order valence-corrected chi connectivity index (χ0v) is 11.2. The minimum absolute atomic E-state index is 0.0483. The summed E-state index contributed by atoms with van der Waals surface area (Å²) < 4.78 is 26.5. The molecule has 0 aliphatic heterocycles. The lowest BCUT2D eigenvalue weighted by atomic mass is 10.3. The number of halogens is 3. The second kappa shape index (κ2) is 6.06. The smallest absolute Gasteiger partial charge is 0.328 e. The normalized spacial score (nSPS) is 11.4. The van der Waals surface area contributed by atoms with E-state index in [2.05, 4.69) is 15.9 Å². The molecule has 0 saturated carbocycles. The van der Waals surface area contributed by atoms with Crippen LogP contribution in [0.4, 0.5) is 8.78 Å². The molecule has 19 heavy (non-hydrogen) atoms. The fourth-order valence-corrected chi connectivity index (χ4v) is 1.46. The zero-order valence-electron chi connectivity index (χ0n) is 9.58. The lowest BCUT2D eigenvalue weighted by Gasteiger charge is -2.14. The third-order valence-electron chi connectivity index (χ3n) is 2.12. The Bertz CT molecular complexity index is 584. The van der Waals surface area contributed by atoms with Gasteiger partial charge in [0.05, 0.1) is 17.6 Å². The Kier molecular flexibility index (Phi) is 4.95. The SMILES string of the molecule is NCC(F)(F)CNC(=O)Cn1cc(Br)c(=O)[nH]c1=O. The molecule has 0 radical (unpaired) electrons. The zero-order chi connectivity index (χ0) is 14.6. The number of hydrogen-bond donors (Lipinski definition) is 3. The van der Waals surface area contributed by atoms with Gasteiger partial charge in [0.25, 0.3) is 11.5 Å². The molecule has 0 saturated heterocycles. The number of nitrogens with two attached hydrogens (primary N) is 1. The van der Waals surface area contributed by atoms with Gasteiger partial charge in [0, 0.05) is 6.20 Å². The van der Waals surface area contributed by atoms with E-state index in [4.69, 9.17) is 5.73 Å². The van der Waals surface area contributed by atoms with Crippen LogP contribution in [0.3, 0.4) is 0 Å². The Labute approximate surface area is 113 Å². The fourth-order valence-electron chi connectivity index (χ4n) is 1.11. The molecule has 7 nitrogen and oxygen atoms in total. The third-order valence-corrected chi connectivity index (χ3v) is 2.69. The Hall–Kier alpha value is -1.55. The van der Waals surface area contributed by atoms with E-state index in [0.717, 1.165) is 10.8 Å². The molecule has 10 heteroatoms. The van der Waals surface area contributed by atoms with Crippen LogP contribution in [0.2, 0.25) is 0 Å². The maximum absolute atomic E-state index is 12.8. The molecule has 4 N–H and O–H groups in total. The molecule has 0 aromatic carbocycles. The topological polar surface area (TPSA) is 110 Å². The highest BCUT2D eigenvalue weighted by Crippen LogP contribution is 2.08. The molecule has 0 fully saturated rings. The van der Waals surface area contributed by atoms with Crippen molar-refractivity contribution in [3.05, 3.63) is 31.5 Å². The van der Waals surface area contributed by atoms with Crippen molar-refractivity contribution in [3.63, 3.8) is 0 Å². The number of alkyl halides is 2. The van der Waals surface area contributed by atoms with Crippen LogP contribution in [0.15, 0.2) is 20.3 Å². The minimum atomic E-state index is -3.20. The number of nitrogens with zero attached hydrogens (tertiary/aromatic N) is 1. The van der Waals surface area contributed by atoms with Crippen LogP contribution in [-0.4, -0.2) is 34.5 Å². The van der Waals surface area contributed by atoms with Crippen LogP contribution in [0.25, 0.3) is 0 Å². The highest BCUT2D eigenvalue weighted by molar-refractivity contribution is 9.10. The summed E-state index contributed by atoms with van der Waals surface area (Å²) in [7, 11) is 0. The van der Waals surface area contributed by atoms with Crippen LogP contribution in [-0.2, 0) is 11.3 Å². The fraction of sp³-hybridized carbons (Fsp3) is 0.444. The number of nitrogens with one attached hydrogen (secondary N) is 2. The second-order valence-corrected chi connectivity index (χ2v) is 4.56. The Morgan fingerprint density at radius 2 is 2.16 bits per heavy atom. The van der Waals surface area contributed by atoms with Crippen molar-refractivity contribution in [1.29, 1.82) is 0 Å². The number of amides is 1. The molecule has 0 bridgehead atoms. The summed E-state index contributed by atoms with van der Waals surface area (Å²) in [6.07, 6.45) is 1.10. The van der Waals surface area contributed by atoms with E-state index >= 15 is 0 Å². The monoisotopic (exact) mass is 340 g/mol. The number of aromatic amines is 1. The van der Waals surface area contributed by atoms with E-state index in [0.29, 0.717) is 0 Å². The van der Waals surface area contributed by atoms with Crippen molar-refractivity contribution >= 4 is 21.8 Å². The molecule has 1 amide bonds. The first-order chi connectivity index (χ1) is 8.75. The molecule has 1 aromatic heterocycles. The van der Waals surface area contributed by atoms with Gasteiger partial charge in [-0.05, 0) is 15.9 Å². The molecule has 1 aromatic rings. The van der Waals surface area contributed by atoms with Gasteiger partial charge >= 0.3 is 5.69 Å². The van der Waals surface area contributed by atoms with Gasteiger partial charge in [-0.1, -0.05) is 0 Å². The van der Waals surface area contributed by atoms with Gasteiger partial charge < -0.3 is 11.1 Å². The largest absolute Gasteiger partial charge is 0.348 e. The van der Waals surface area contributed by atoms with Crippen molar-refractivity contribution in [3.8, 4) is 0 Å². The summed E-state index contributed by atoms with van der Waals surface area (Å²) in [5.41, 5.74) is 3.35. The van der Waals surface area contributed by atoms with Crippen LogP contribution < -0.4 is 22.3 Å². The van der Waals surface area contributed by atoms with Gasteiger partial charge in [-0.25, -0.2) is 13.6 Å². The quantitative estimate of drug-likeness (QED) is 0.639. The first-order valence-corrected chi connectivity index (χ1v) is 5.88. The molecular weight excluding hydrogens is 330 g/mol. The highest BCUT2D eigenvalue weighted by atomic mass is 79.9. The standard InChI is InChI=1S/C9H11BrF2N4O3/c10-5-1-16(8(19)15-7(5)18)2-6(17)14-4-9(11,12)3-13/h1H,2-4,13H2,(H,14,17)(H,15,18,19). The Morgan fingerprint density at radius 1 is 1.53 bits per heavy atom. The molecule has 106 valence electrons. The molecule has 1 heterocycles. The van der Waals surface area contributed by atoms with E-state index in [1.54, 1.807) is 0 Å². The second-order valence-electron chi connectivity index (χ2n) is 3.70. The third kappa shape index (κ3) is 4.56. The number of H-pyrrole nitrogens is 1. The summed E-state index contributed by atoms with van der Waals surface area (Å²) in [4.78, 5) is 35.7. The van der Waals surface area contributed by atoms with Crippen molar-refractivity contribution in [1.82, 2.24) is 14.9 Å². The summed E-state index contributed by atoms with van der Waals surface area (Å²) in [5, 5.41) is 1.95. The Morgan fingerprint density at radius 3 is 2.74 bits per heavy atom. The lowest BCUT2D eigenvalue weighted by Crippen LogP contribution is -2.43. The number of carbonyl (C=O) groups is 1. The van der Waals surface area contributed by atoms with Gasteiger partial charge in [-0.3, -0.25) is 19.1 Å². The highest BCUT2D eigenvalue weighted by Gasteiger charge is 2.27. The van der Waals surface area contributed by atoms with Gasteiger partial charge in [0.2, 0.25) is 5.91 Å². The van der Waals surface area contributed by atoms with Gasteiger partial charge in [-0.15, -0.1) is 0 Å². The first-order valence-electron chi connectivity index (χ1n) is 5.09. The molecule has 0 atom stereocenters. The van der Waals surface area contributed by atoms with Crippen LogP contribution >= 0.6 is 15.9 Å². The number of rotatable bonds is 5. The summed E-state index contributed by atoms with van der Waals surface area (Å²) in [6.45, 7) is -2.30. The van der Waals surface area contributed by atoms with Crippen LogP contribution in [0.1, 0.15) is 0 Å². The predicted octanol–water partition coefficient (Wildman–Crippen LogP) is -0.991. The first kappa shape index (κ1) is 15.5. The van der Waals surface area contributed by atoms with E-state index in [9.17, 15) is 23.2 Å². The maximum atomic E-state index is 12.8. The van der Waals surface area contributed by atoms with E-state index in [1.165, 1.54) is 0 Å². The minimum Gasteiger partial charge on any atom is -0.348 e. The van der Waals surface area contributed by atoms with Crippen molar-refractivity contribution < 1.29 is 13.6 Å². The summed E-state index contributed by atoms with van der Waals surface area (Å²) >= 11 is 2.88. The molecule has 0 aliphatic rings. The number of carbonyl (C=O) groups excluding carboxylic acids is 1. The molecule has 0 aliphatic carbocycles. The van der Waals surface area contributed by atoms with Gasteiger partial charge in [-0.2, -0.15) is 0 Å². The molecular formula is C9H11BrF2N4O3. The predicted molar refractivity (Wildman–Crippen MR) is 66.0 cm³/mol. The summed E-state index contributed by atoms with van der Waals surface area (Å²) in [5.74, 6) is -4.00. The van der Waals surface area contributed by atoms with Crippen LogP contribution in [0, 0.1) is 0 Å². The molecule has 0 spiro atoms. The van der Waals surface area contributed by atoms with Gasteiger partial charge in [0.1, 0.15) is 6.54 Å². The van der Waals surface area contributed by atoms with E-state index in [-0.39, 0.29) is 4.47 Å². The van der Waals surface area contributed by atoms with E-state index < -0.39 is 42.7 Å². The van der Waals surface area contributed by atoms with Crippen molar-refractivity contribution in [2.24, 2.45) is 5.73 Å². The lowest BCUT2D eigenvalue weighted by molar-refractivity contribution is -0.123. The molecule has 0 unspecified atom stereocenters. The van der Waals surface area contributed by atoms with Gasteiger partial charge in [0.15, 0.2) is 0 Å². The van der Waals surface area contributed by atoms with Crippen LogP contribution in [0.5, 0.6) is 0 Å². The van der Waals surface area contributed by atoms with Crippen molar-refractivity contribution in [2.45, 2.75) is 12.5 Å². The summed E-state index contributed by atoms with van der Waals surface area (Å²) in [6, 6.07) is 0. The average Bonchev–Trinajstić information content (AvgIpc) is 2.34. The molecule has 1 rings (SSSR count). The number of aromatic nitrogens is 2. The maximum Gasteiger partial charge on any atom is 0.328 e. The van der Waals surface area contributed by atoms with E-state index in [1.807, 2.05) is 10.3 Å². The van der Waals surface area contributed by atoms with Crippen molar-refractivity contribution in [2.75, 3.05) is 13.1 Å².